The van der Waals surface area contributed by atoms with Crippen molar-refractivity contribution < 1.29 is 9.90 Å². The molecule has 114 valence electrons. The van der Waals surface area contributed by atoms with E-state index in [0.717, 1.165) is 32.6 Å². The average molecular weight is 289 g/mol. The standard InChI is InChI=1S/C16H23N3O2/c20-14-11-15(17-12-14)16(21)19-8-4-7-18(9-10-19)13-5-2-1-3-6-13/h1-3,5-6,14-15,17,20H,4,7-12H2. The SMILES string of the molecule is O=C(C1CC(O)CN1)N1CCCN(c2ccccc2)CC1. The van der Waals surface area contributed by atoms with Crippen LogP contribution >= 0.6 is 0 Å². The van der Waals surface area contributed by atoms with Crippen LogP contribution in [0.25, 0.3) is 0 Å². The van der Waals surface area contributed by atoms with E-state index in [-0.39, 0.29) is 18.1 Å². The Hall–Kier alpha value is -1.59. The maximum Gasteiger partial charge on any atom is 0.239 e. The van der Waals surface area contributed by atoms with E-state index in [0.29, 0.717) is 13.0 Å². The lowest BCUT2D eigenvalue weighted by atomic mass is 10.2. The molecule has 1 amide bonds. The molecule has 5 heteroatoms. The number of aliphatic hydroxyl groups excluding tert-OH is 1. The predicted molar refractivity (Wildman–Crippen MR) is 82.3 cm³/mol. The first-order chi connectivity index (χ1) is 10.2. The number of rotatable bonds is 2. The van der Waals surface area contributed by atoms with Crippen molar-refractivity contribution in [2.75, 3.05) is 37.6 Å². The van der Waals surface area contributed by atoms with Crippen LogP contribution in [0.1, 0.15) is 12.8 Å². The van der Waals surface area contributed by atoms with Gasteiger partial charge in [-0.05, 0) is 25.0 Å². The maximum absolute atomic E-state index is 12.5. The normalized spacial score (nSPS) is 26.7. The summed E-state index contributed by atoms with van der Waals surface area (Å²) >= 11 is 0. The molecule has 2 atom stereocenters. The monoisotopic (exact) mass is 289 g/mol. The molecular weight excluding hydrogens is 266 g/mol. The number of nitrogens with one attached hydrogen (secondary N) is 1. The summed E-state index contributed by atoms with van der Waals surface area (Å²) in [5.41, 5.74) is 1.22. The van der Waals surface area contributed by atoms with Crippen molar-refractivity contribution in [3.05, 3.63) is 30.3 Å². The van der Waals surface area contributed by atoms with Crippen LogP contribution < -0.4 is 10.2 Å². The maximum atomic E-state index is 12.5. The summed E-state index contributed by atoms with van der Waals surface area (Å²) in [6, 6.07) is 10.1. The van der Waals surface area contributed by atoms with E-state index in [2.05, 4.69) is 22.3 Å². The predicted octanol–water partition coefficient (Wildman–Crippen LogP) is 0.448. The highest BCUT2D eigenvalue weighted by Crippen LogP contribution is 2.17. The molecule has 2 aliphatic heterocycles. The van der Waals surface area contributed by atoms with Crippen molar-refractivity contribution in [1.82, 2.24) is 10.2 Å². The summed E-state index contributed by atoms with van der Waals surface area (Å²) in [6.45, 7) is 3.93. The Morgan fingerprint density at radius 3 is 2.67 bits per heavy atom. The second-order valence-electron chi connectivity index (χ2n) is 5.85. The topological polar surface area (TPSA) is 55.8 Å². The zero-order valence-corrected chi connectivity index (χ0v) is 12.2. The van der Waals surface area contributed by atoms with Gasteiger partial charge >= 0.3 is 0 Å². The Kier molecular flexibility index (Phi) is 4.41. The molecule has 2 unspecified atom stereocenters. The van der Waals surface area contributed by atoms with E-state index in [1.165, 1.54) is 5.69 Å². The number of hydrogen-bond donors (Lipinski definition) is 2. The van der Waals surface area contributed by atoms with Gasteiger partial charge in [-0.25, -0.2) is 0 Å². The summed E-state index contributed by atoms with van der Waals surface area (Å²) < 4.78 is 0. The van der Waals surface area contributed by atoms with Gasteiger partial charge in [0.2, 0.25) is 5.91 Å². The summed E-state index contributed by atoms with van der Waals surface area (Å²) in [5, 5.41) is 12.7. The minimum absolute atomic E-state index is 0.140. The molecule has 1 aromatic carbocycles. The average Bonchev–Trinajstić information content (AvgIpc) is 2.81. The van der Waals surface area contributed by atoms with Gasteiger partial charge in [0.1, 0.15) is 0 Å². The van der Waals surface area contributed by atoms with Crippen molar-refractivity contribution in [3.8, 4) is 0 Å². The van der Waals surface area contributed by atoms with Crippen LogP contribution in [-0.2, 0) is 4.79 Å². The van der Waals surface area contributed by atoms with Crippen LogP contribution in [0.4, 0.5) is 5.69 Å². The van der Waals surface area contributed by atoms with Gasteiger partial charge in [0.05, 0.1) is 12.1 Å². The van der Waals surface area contributed by atoms with Gasteiger partial charge in [-0.2, -0.15) is 0 Å². The summed E-state index contributed by atoms with van der Waals surface area (Å²) in [7, 11) is 0. The van der Waals surface area contributed by atoms with Gasteiger partial charge in [-0.3, -0.25) is 4.79 Å². The number of para-hydroxylation sites is 1. The molecule has 1 aromatic rings. The molecule has 0 aliphatic carbocycles. The van der Waals surface area contributed by atoms with Crippen molar-refractivity contribution in [2.24, 2.45) is 0 Å². The third-order valence-electron chi connectivity index (χ3n) is 4.33. The molecule has 0 radical (unpaired) electrons. The molecule has 2 saturated heterocycles. The number of amides is 1. The van der Waals surface area contributed by atoms with Crippen LogP contribution in [0.5, 0.6) is 0 Å². The van der Waals surface area contributed by atoms with Gasteiger partial charge in [-0.1, -0.05) is 18.2 Å². The molecule has 0 spiro atoms. The van der Waals surface area contributed by atoms with E-state index in [4.69, 9.17) is 0 Å². The lowest BCUT2D eigenvalue weighted by Crippen LogP contribution is -2.45. The van der Waals surface area contributed by atoms with Crippen LogP contribution in [0, 0.1) is 0 Å². The molecule has 2 heterocycles. The van der Waals surface area contributed by atoms with E-state index >= 15 is 0 Å². The fraction of sp³-hybridized carbons (Fsp3) is 0.562. The number of β-amino-alcohol motifs (C(OH)–C–C–N with tert-alkyl or cyclic N) is 1. The van der Waals surface area contributed by atoms with Crippen LogP contribution in [-0.4, -0.2) is 60.8 Å². The minimum Gasteiger partial charge on any atom is -0.392 e. The number of benzene rings is 1. The zero-order chi connectivity index (χ0) is 14.7. The first-order valence-electron chi connectivity index (χ1n) is 7.74. The molecule has 2 aliphatic rings. The highest BCUT2D eigenvalue weighted by Gasteiger charge is 2.31. The van der Waals surface area contributed by atoms with E-state index < -0.39 is 0 Å². The van der Waals surface area contributed by atoms with Crippen LogP contribution in [0.3, 0.4) is 0 Å². The van der Waals surface area contributed by atoms with Crippen LogP contribution in [0.2, 0.25) is 0 Å². The highest BCUT2D eigenvalue weighted by atomic mass is 16.3. The molecule has 0 aromatic heterocycles. The summed E-state index contributed by atoms with van der Waals surface area (Å²) in [5.74, 6) is 0.140. The summed E-state index contributed by atoms with van der Waals surface area (Å²) in [6.07, 6.45) is 1.14. The second kappa shape index (κ2) is 6.45. The number of carbonyl (C=O) groups excluding carboxylic acids is 1. The van der Waals surface area contributed by atoms with E-state index in [9.17, 15) is 9.90 Å². The Morgan fingerprint density at radius 2 is 1.95 bits per heavy atom. The largest absolute Gasteiger partial charge is 0.392 e. The highest BCUT2D eigenvalue weighted by molar-refractivity contribution is 5.82. The molecule has 0 bridgehead atoms. The zero-order valence-electron chi connectivity index (χ0n) is 12.2. The fourth-order valence-corrected chi connectivity index (χ4v) is 3.16. The molecule has 5 nitrogen and oxygen atoms in total. The minimum atomic E-state index is -0.383. The molecule has 2 N–H and O–H groups in total. The number of aliphatic hydroxyl groups is 1. The van der Waals surface area contributed by atoms with Gasteiger partial charge in [0.25, 0.3) is 0 Å². The quantitative estimate of drug-likeness (QED) is 0.830. The van der Waals surface area contributed by atoms with Crippen molar-refractivity contribution in [1.29, 1.82) is 0 Å². The van der Waals surface area contributed by atoms with E-state index in [1.54, 1.807) is 0 Å². The van der Waals surface area contributed by atoms with Crippen molar-refractivity contribution >= 4 is 11.6 Å². The van der Waals surface area contributed by atoms with Gasteiger partial charge < -0.3 is 20.2 Å². The molecule has 0 saturated carbocycles. The number of nitrogens with zero attached hydrogens (tertiary/aromatic N) is 2. The molecular formula is C16H23N3O2. The number of anilines is 1. The third kappa shape index (κ3) is 3.36. The lowest BCUT2D eigenvalue weighted by molar-refractivity contribution is -0.133. The van der Waals surface area contributed by atoms with Crippen LogP contribution in [0.15, 0.2) is 30.3 Å². The first kappa shape index (κ1) is 14.4. The Bertz CT molecular complexity index is 480. The van der Waals surface area contributed by atoms with Crippen molar-refractivity contribution in [3.63, 3.8) is 0 Å². The van der Waals surface area contributed by atoms with Crippen molar-refractivity contribution in [2.45, 2.75) is 25.0 Å². The lowest BCUT2D eigenvalue weighted by Gasteiger charge is -2.25. The number of hydrogen-bond acceptors (Lipinski definition) is 4. The second-order valence-corrected chi connectivity index (χ2v) is 5.85. The molecule has 3 rings (SSSR count). The van der Waals surface area contributed by atoms with Gasteiger partial charge in [0, 0.05) is 38.4 Å². The third-order valence-corrected chi connectivity index (χ3v) is 4.33. The fourth-order valence-electron chi connectivity index (χ4n) is 3.16. The molecule has 2 fully saturated rings. The molecule has 21 heavy (non-hydrogen) atoms. The summed E-state index contributed by atoms with van der Waals surface area (Å²) in [4.78, 5) is 16.8. The van der Waals surface area contributed by atoms with Gasteiger partial charge in [-0.15, -0.1) is 0 Å². The first-order valence-corrected chi connectivity index (χ1v) is 7.74. The van der Waals surface area contributed by atoms with E-state index in [1.807, 2.05) is 23.1 Å². The van der Waals surface area contributed by atoms with Gasteiger partial charge in [0.15, 0.2) is 0 Å². The smallest absolute Gasteiger partial charge is 0.239 e. The number of carbonyl (C=O) groups is 1. The Morgan fingerprint density at radius 1 is 1.14 bits per heavy atom. The Balaban J connectivity index is 1.59. The Labute approximate surface area is 125 Å².